The fourth-order valence-electron chi connectivity index (χ4n) is 2.06. The molecule has 2 aromatic heterocycles. The molecule has 3 rings (SSSR count). The molecule has 1 atom stereocenters. The van der Waals surface area contributed by atoms with E-state index in [9.17, 15) is 0 Å². The third-order valence-corrected chi connectivity index (χ3v) is 4.30. The van der Waals surface area contributed by atoms with E-state index in [-0.39, 0.29) is 0 Å². The quantitative estimate of drug-likeness (QED) is 0.858. The smallest absolute Gasteiger partial charge is 0.225 e. The van der Waals surface area contributed by atoms with Crippen LogP contribution in [0.3, 0.4) is 0 Å². The number of halogens is 1. The molecule has 0 bridgehead atoms. The zero-order valence-corrected chi connectivity index (χ0v) is 11.4. The van der Waals surface area contributed by atoms with Gasteiger partial charge in [0.1, 0.15) is 10.6 Å². The second-order valence-electron chi connectivity index (χ2n) is 4.69. The summed E-state index contributed by atoms with van der Waals surface area (Å²) >= 11 is 7.61. The van der Waals surface area contributed by atoms with Crippen molar-refractivity contribution in [3.63, 3.8) is 0 Å². The Hall–Kier alpha value is -0.870. The number of hydrogen-bond donors (Lipinski definition) is 1. The Kier molecular flexibility index (Phi) is 2.71. The highest BCUT2D eigenvalue weighted by atomic mass is 35.5. The third-order valence-electron chi connectivity index (χ3n) is 3.18. The van der Waals surface area contributed by atoms with E-state index in [0.29, 0.717) is 11.3 Å². The molecule has 3 nitrogen and oxygen atoms in total. The van der Waals surface area contributed by atoms with Gasteiger partial charge in [-0.25, -0.2) is 9.97 Å². The van der Waals surface area contributed by atoms with Gasteiger partial charge in [-0.15, -0.1) is 11.3 Å². The summed E-state index contributed by atoms with van der Waals surface area (Å²) in [6.45, 7) is 4.28. The van der Waals surface area contributed by atoms with Gasteiger partial charge in [0.15, 0.2) is 0 Å². The fraction of sp³-hybridized carbons (Fsp3) is 0.500. The van der Waals surface area contributed by atoms with Crippen LogP contribution in [0.1, 0.15) is 24.6 Å². The molecule has 0 amide bonds. The Morgan fingerprint density at radius 2 is 2.24 bits per heavy atom. The van der Waals surface area contributed by atoms with Crippen LogP contribution in [0.15, 0.2) is 6.07 Å². The topological polar surface area (TPSA) is 37.8 Å². The largest absolute Gasteiger partial charge is 0.367 e. The van der Waals surface area contributed by atoms with Crippen LogP contribution in [-0.2, 0) is 0 Å². The van der Waals surface area contributed by atoms with E-state index in [1.807, 2.05) is 0 Å². The second-order valence-corrected chi connectivity index (χ2v) is 6.26. The summed E-state index contributed by atoms with van der Waals surface area (Å²) in [5.74, 6) is 1.67. The molecule has 0 aliphatic heterocycles. The Bertz CT molecular complexity index is 562. The van der Waals surface area contributed by atoms with E-state index < -0.39 is 0 Å². The maximum Gasteiger partial charge on any atom is 0.225 e. The summed E-state index contributed by atoms with van der Waals surface area (Å²) in [7, 11) is 0. The van der Waals surface area contributed by atoms with Crippen LogP contribution in [0.25, 0.3) is 10.2 Å². The van der Waals surface area contributed by atoms with Gasteiger partial charge in [0.2, 0.25) is 5.28 Å². The molecule has 1 N–H and O–H groups in total. The number of fused-ring (bicyclic) bond motifs is 1. The molecule has 1 aliphatic carbocycles. The average molecular weight is 268 g/mol. The van der Waals surface area contributed by atoms with Crippen molar-refractivity contribution >= 4 is 39.0 Å². The Morgan fingerprint density at radius 1 is 1.47 bits per heavy atom. The van der Waals surface area contributed by atoms with Gasteiger partial charge in [-0.05, 0) is 50.3 Å². The van der Waals surface area contributed by atoms with Crippen LogP contribution in [-0.4, -0.2) is 16.0 Å². The number of thiophene rings is 1. The minimum atomic E-state index is 0.324. The van der Waals surface area contributed by atoms with Crippen molar-refractivity contribution in [2.24, 2.45) is 5.92 Å². The van der Waals surface area contributed by atoms with E-state index in [2.05, 4.69) is 35.2 Å². The third kappa shape index (κ3) is 2.24. The molecule has 1 unspecified atom stereocenters. The molecule has 2 aromatic rings. The van der Waals surface area contributed by atoms with Gasteiger partial charge in [-0.3, -0.25) is 0 Å². The number of nitrogens with one attached hydrogen (secondary N) is 1. The van der Waals surface area contributed by atoms with Gasteiger partial charge < -0.3 is 5.32 Å². The lowest BCUT2D eigenvalue weighted by Crippen LogP contribution is -2.18. The first-order valence-electron chi connectivity index (χ1n) is 5.83. The fourth-order valence-corrected chi connectivity index (χ4v) is 3.15. The second kappa shape index (κ2) is 4.10. The zero-order chi connectivity index (χ0) is 12.0. The Balaban J connectivity index is 2.00. The average Bonchev–Trinajstić information content (AvgIpc) is 3.01. The van der Waals surface area contributed by atoms with Crippen LogP contribution in [0.5, 0.6) is 0 Å². The first-order valence-corrected chi connectivity index (χ1v) is 7.03. The minimum absolute atomic E-state index is 0.324. The summed E-state index contributed by atoms with van der Waals surface area (Å²) in [4.78, 5) is 10.8. The summed E-state index contributed by atoms with van der Waals surface area (Å²) < 4.78 is 0. The van der Waals surface area contributed by atoms with Crippen LogP contribution < -0.4 is 5.32 Å². The summed E-state index contributed by atoms with van der Waals surface area (Å²) in [6, 6.07) is 2.59. The van der Waals surface area contributed by atoms with E-state index in [4.69, 9.17) is 11.6 Å². The van der Waals surface area contributed by atoms with Gasteiger partial charge in [-0.2, -0.15) is 0 Å². The molecule has 2 heterocycles. The predicted molar refractivity (Wildman–Crippen MR) is 73.0 cm³/mol. The number of aryl methyl sites for hydroxylation is 1. The lowest BCUT2D eigenvalue weighted by molar-refractivity contribution is 0.691. The van der Waals surface area contributed by atoms with Gasteiger partial charge in [0.25, 0.3) is 0 Å². The highest BCUT2D eigenvalue weighted by Crippen LogP contribution is 2.36. The van der Waals surface area contributed by atoms with E-state index in [1.165, 1.54) is 17.7 Å². The molecule has 0 aromatic carbocycles. The molecule has 1 fully saturated rings. The summed E-state index contributed by atoms with van der Waals surface area (Å²) in [6.07, 6.45) is 2.64. The molecule has 5 heteroatoms. The van der Waals surface area contributed by atoms with Crippen LogP contribution >= 0.6 is 22.9 Å². The monoisotopic (exact) mass is 267 g/mol. The van der Waals surface area contributed by atoms with Crippen LogP contribution in [0.4, 0.5) is 5.82 Å². The Morgan fingerprint density at radius 3 is 2.94 bits per heavy atom. The van der Waals surface area contributed by atoms with Crippen molar-refractivity contribution in [1.82, 2.24) is 9.97 Å². The van der Waals surface area contributed by atoms with E-state index in [1.54, 1.807) is 11.3 Å². The predicted octanol–water partition coefficient (Wildman–Crippen LogP) is 3.86. The number of hydrogen-bond acceptors (Lipinski definition) is 4. The number of aromatic nitrogens is 2. The van der Waals surface area contributed by atoms with Gasteiger partial charge in [0.05, 0.1) is 5.39 Å². The number of rotatable bonds is 3. The van der Waals surface area contributed by atoms with Crippen molar-refractivity contribution in [2.45, 2.75) is 32.7 Å². The lowest BCUT2D eigenvalue weighted by atomic mass is 10.2. The highest BCUT2D eigenvalue weighted by molar-refractivity contribution is 7.18. The van der Waals surface area contributed by atoms with Gasteiger partial charge in [0, 0.05) is 10.9 Å². The van der Waals surface area contributed by atoms with Crippen molar-refractivity contribution in [3.05, 3.63) is 16.2 Å². The SMILES string of the molecule is Cc1cc2c(NC(C)C3CC3)nc(Cl)nc2s1. The molecular weight excluding hydrogens is 254 g/mol. The van der Waals surface area contributed by atoms with Gasteiger partial charge in [-0.1, -0.05) is 0 Å². The van der Waals surface area contributed by atoms with E-state index in [0.717, 1.165) is 22.0 Å². The molecule has 0 spiro atoms. The maximum atomic E-state index is 5.96. The molecular formula is C12H14ClN3S. The standard InChI is InChI=1S/C12H14ClN3S/c1-6-5-9-10(14-7(2)8-3-4-8)15-12(13)16-11(9)17-6/h5,7-8H,3-4H2,1-2H3,(H,14,15,16). The summed E-state index contributed by atoms with van der Waals surface area (Å²) in [5, 5.41) is 4.88. The Labute approximate surface area is 109 Å². The molecule has 1 aliphatic rings. The molecule has 1 saturated carbocycles. The molecule has 90 valence electrons. The number of nitrogens with zero attached hydrogens (tertiary/aromatic N) is 2. The summed E-state index contributed by atoms with van der Waals surface area (Å²) in [5.41, 5.74) is 0. The number of anilines is 1. The van der Waals surface area contributed by atoms with Crippen molar-refractivity contribution in [1.29, 1.82) is 0 Å². The first kappa shape index (κ1) is 11.2. The lowest BCUT2D eigenvalue weighted by Gasteiger charge is -2.14. The first-order chi connectivity index (χ1) is 8.13. The highest BCUT2D eigenvalue weighted by Gasteiger charge is 2.28. The molecule has 17 heavy (non-hydrogen) atoms. The van der Waals surface area contributed by atoms with Crippen molar-refractivity contribution in [2.75, 3.05) is 5.32 Å². The minimum Gasteiger partial charge on any atom is -0.367 e. The van der Waals surface area contributed by atoms with Gasteiger partial charge >= 0.3 is 0 Å². The molecule has 0 radical (unpaired) electrons. The van der Waals surface area contributed by atoms with Crippen molar-refractivity contribution < 1.29 is 0 Å². The van der Waals surface area contributed by atoms with Crippen molar-refractivity contribution in [3.8, 4) is 0 Å². The normalized spacial score (nSPS) is 17.4. The molecule has 0 saturated heterocycles. The maximum absolute atomic E-state index is 5.96. The van der Waals surface area contributed by atoms with E-state index >= 15 is 0 Å². The zero-order valence-electron chi connectivity index (χ0n) is 9.83. The van der Waals surface area contributed by atoms with Crippen LogP contribution in [0.2, 0.25) is 5.28 Å². The van der Waals surface area contributed by atoms with Crippen LogP contribution in [0, 0.1) is 12.8 Å².